The molecule has 2 N–H and O–H groups in total. The summed E-state index contributed by atoms with van der Waals surface area (Å²) in [6.07, 6.45) is -0.684. The smallest absolute Gasteiger partial charge is 0.449 e. The minimum Gasteiger partial charge on any atom is -0.449 e. The van der Waals surface area contributed by atoms with Crippen molar-refractivity contribution in [2.75, 3.05) is 5.32 Å². The van der Waals surface area contributed by atoms with Gasteiger partial charge in [-0.05, 0) is 53.4 Å². The number of carbonyl (C=O) groups is 1. The van der Waals surface area contributed by atoms with Crippen molar-refractivity contribution in [3.63, 3.8) is 0 Å². The van der Waals surface area contributed by atoms with Gasteiger partial charge in [-0.1, -0.05) is 54.9 Å². The number of anilines is 1. The molecular weight excluding hydrogens is 393 g/mol. The van der Waals surface area contributed by atoms with Crippen LogP contribution < -0.4 is 10.1 Å². The predicted octanol–water partition coefficient (Wildman–Crippen LogP) is 6.40. The van der Waals surface area contributed by atoms with Crippen LogP contribution in [0.25, 0.3) is 0 Å². The molecule has 0 bridgehead atoms. The van der Waals surface area contributed by atoms with Gasteiger partial charge in [-0.2, -0.15) is 0 Å². The number of fused-ring (bicyclic) bond motifs is 1. The van der Waals surface area contributed by atoms with Gasteiger partial charge >= 0.3 is 6.16 Å². The highest BCUT2D eigenvalue weighted by molar-refractivity contribution is 6.30. The van der Waals surface area contributed by atoms with Crippen LogP contribution in [-0.4, -0.2) is 11.3 Å². The third kappa shape index (κ3) is 3.66. The number of nitrogens with one attached hydrogen (secondary N) is 1. The first-order valence-electron chi connectivity index (χ1n) is 9.19. The van der Waals surface area contributed by atoms with Gasteiger partial charge in [0.15, 0.2) is 0 Å². The maximum atomic E-state index is 13.7. The molecule has 1 heterocycles. The number of rotatable bonds is 3. The lowest BCUT2D eigenvalue weighted by molar-refractivity contribution is 0.144. The summed E-state index contributed by atoms with van der Waals surface area (Å²) in [5.41, 5.74) is 3.35. The number of ether oxygens (including phenoxy) is 1. The lowest BCUT2D eigenvalue weighted by Gasteiger charge is -2.42. The molecule has 1 aliphatic rings. The molecule has 0 radical (unpaired) electrons. The average molecular weight is 412 g/mol. The van der Waals surface area contributed by atoms with Crippen LogP contribution in [0.3, 0.4) is 0 Å². The fourth-order valence-corrected chi connectivity index (χ4v) is 4.23. The maximum Gasteiger partial charge on any atom is 0.511 e. The van der Waals surface area contributed by atoms with Crippen LogP contribution >= 0.6 is 11.6 Å². The van der Waals surface area contributed by atoms with E-state index in [1.165, 1.54) is 6.07 Å². The molecule has 0 aromatic heterocycles. The van der Waals surface area contributed by atoms with Crippen molar-refractivity contribution in [3.8, 4) is 5.75 Å². The Labute approximate surface area is 172 Å². The zero-order chi connectivity index (χ0) is 20.6. The van der Waals surface area contributed by atoms with E-state index < -0.39 is 17.4 Å². The molecule has 0 aliphatic carbocycles. The van der Waals surface area contributed by atoms with Crippen molar-refractivity contribution < 1.29 is 19.0 Å². The highest BCUT2D eigenvalue weighted by Gasteiger charge is 2.39. The van der Waals surface area contributed by atoms with Crippen LogP contribution in [0.1, 0.15) is 36.1 Å². The van der Waals surface area contributed by atoms with Gasteiger partial charge in [0.25, 0.3) is 0 Å². The summed E-state index contributed by atoms with van der Waals surface area (Å²) in [6.45, 7) is 2.12. The van der Waals surface area contributed by atoms with Gasteiger partial charge in [-0.3, -0.25) is 0 Å². The molecule has 0 amide bonds. The van der Waals surface area contributed by atoms with Crippen LogP contribution in [0, 0.1) is 5.82 Å². The molecule has 29 heavy (non-hydrogen) atoms. The first-order valence-corrected chi connectivity index (χ1v) is 9.57. The first-order chi connectivity index (χ1) is 13.9. The van der Waals surface area contributed by atoms with Crippen LogP contribution in [0.5, 0.6) is 5.75 Å². The molecule has 1 aliphatic heterocycles. The zero-order valence-electron chi connectivity index (χ0n) is 15.7. The fraction of sp³-hybridized carbons (Fsp3) is 0.174. The molecular formula is C23H19ClFNO3. The van der Waals surface area contributed by atoms with Crippen LogP contribution in [0.2, 0.25) is 5.02 Å². The Morgan fingerprint density at radius 1 is 1.17 bits per heavy atom. The Morgan fingerprint density at radius 2 is 1.93 bits per heavy atom. The molecule has 0 spiro atoms. The number of carboxylic acid groups (broad SMARTS) is 1. The van der Waals surface area contributed by atoms with Crippen LogP contribution in [0.15, 0.2) is 66.7 Å². The van der Waals surface area contributed by atoms with E-state index in [0.717, 1.165) is 22.4 Å². The first kappa shape index (κ1) is 19.3. The molecule has 4 nitrogen and oxygen atoms in total. The summed E-state index contributed by atoms with van der Waals surface area (Å²) in [7, 11) is 0. The monoisotopic (exact) mass is 411 g/mol. The molecule has 3 aromatic carbocycles. The van der Waals surface area contributed by atoms with Gasteiger partial charge in [0.1, 0.15) is 11.6 Å². The normalized spacial score (nSPS) is 20.4. The van der Waals surface area contributed by atoms with E-state index in [9.17, 15) is 9.18 Å². The highest BCUT2D eigenvalue weighted by Crippen LogP contribution is 2.49. The van der Waals surface area contributed by atoms with Crippen molar-refractivity contribution in [3.05, 3.63) is 94.3 Å². The maximum absolute atomic E-state index is 13.7. The Balaban J connectivity index is 1.83. The third-order valence-electron chi connectivity index (χ3n) is 5.49. The lowest BCUT2D eigenvalue weighted by Crippen LogP contribution is -2.34. The molecule has 0 saturated carbocycles. The summed E-state index contributed by atoms with van der Waals surface area (Å²) in [5.74, 6) is -0.184. The molecule has 4 rings (SSSR count). The zero-order valence-corrected chi connectivity index (χ0v) is 16.4. The molecule has 6 heteroatoms. The van der Waals surface area contributed by atoms with Crippen molar-refractivity contribution in [2.24, 2.45) is 0 Å². The molecule has 0 saturated heterocycles. The van der Waals surface area contributed by atoms with Gasteiger partial charge in [-0.25, -0.2) is 9.18 Å². The second-order valence-corrected chi connectivity index (χ2v) is 7.76. The van der Waals surface area contributed by atoms with Gasteiger partial charge < -0.3 is 15.2 Å². The van der Waals surface area contributed by atoms with E-state index >= 15 is 0 Å². The number of benzene rings is 3. The predicted molar refractivity (Wildman–Crippen MR) is 110 cm³/mol. The molecule has 2 atom stereocenters. The summed E-state index contributed by atoms with van der Waals surface area (Å²) >= 11 is 6.02. The highest BCUT2D eigenvalue weighted by atomic mass is 35.5. The van der Waals surface area contributed by atoms with E-state index in [1.807, 2.05) is 24.3 Å². The topological polar surface area (TPSA) is 58.6 Å². The Bertz CT molecular complexity index is 1070. The van der Waals surface area contributed by atoms with E-state index in [-0.39, 0.29) is 16.8 Å². The quantitative estimate of drug-likeness (QED) is 0.386. The van der Waals surface area contributed by atoms with Crippen molar-refractivity contribution in [2.45, 2.75) is 24.8 Å². The lowest BCUT2D eigenvalue weighted by atomic mass is 9.68. The number of hydrogen-bond donors (Lipinski definition) is 2. The largest absolute Gasteiger partial charge is 0.511 e. The minimum atomic E-state index is -1.35. The SMILES string of the molecule is CC1(c2ccccc2)CC(c2ccc(F)c(Cl)c2)Nc2ccc(OC(=O)O)cc21. The second kappa shape index (κ2) is 7.41. The summed E-state index contributed by atoms with van der Waals surface area (Å²) in [5, 5.41) is 12.5. The summed E-state index contributed by atoms with van der Waals surface area (Å²) < 4.78 is 18.5. The molecule has 0 fully saturated rings. The summed E-state index contributed by atoms with van der Waals surface area (Å²) in [6, 6.07) is 19.8. The Hall–Kier alpha value is -3.05. The fourth-order valence-electron chi connectivity index (χ4n) is 4.04. The van der Waals surface area contributed by atoms with Crippen molar-refractivity contribution in [1.82, 2.24) is 0 Å². The van der Waals surface area contributed by atoms with Gasteiger partial charge in [0.2, 0.25) is 0 Å². The minimum absolute atomic E-state index is 0.0849. The molecule has 3 aromatic rings. The van der Waals surface area contributed by atoms with Gasteiger partial charge in [0, 0.05) is 11.1 Å². The van der Waals surface area contributed by atoms with Crippen molar-refractivity contribution in [1.29, 1.82) is 0 Å². The van der Waals surface area contributed by atoms with Crippen LogP contribution in [-0.2, 0) is 5.41 Å². The number of halogens is 2. The van der Waals surface area contributed by atoms with E-state index in [0.29, 0.717) is 6.42 Å². The van der Waals surface area contributed by atoms with E-state index in [4.69, 9.17) is 21.4 Å². The molecule has 2 unspecified atom stereocenters. The Kier molecular flexibility index (Phi) is 4.92. The average Bonchev–Trinajstić information content (AvgIpc) is 2.70. The van der Waals surface area contributed by atoms with Crippen molar-refractivity contribution >= 4 is 23.4 Å². The van der Waals surface area contributed by atoms with Gasteiger partial charge in [0.05, 0.1) is 11.1 Å². The molecule has 148 valence electrons. The van der Waals surface area contributed by atoms with E-state index in [1.54, 1.807) is 24.3 Å². The second-order valence-electron chi connectivity index (χ2n) is 7.35. The third-order valence-corrected chi connectivity index (χ3v) is 5.78. The van der Waals surface area contributed by atoms with E-state index in [2.05, 4.69) is 24.4 Å². The summed E-state index contributed by atoms with van der Waals surface area (Å²) in [4.78, 5) is 11.0. The van der Waals surface area contributed by atoms with Crippen LogP contribution in [0.4, 0.5) is 14.9 Å². The Morgan fingerprint density at radius 3 is 2.62 bits per heavy atom. The van der Waals surface area contributed by atoms with Gasteiger partial charge in [-0.15, -0.1) is 0 Å². The number of hydrogen-bond acceptors (Lipinski definition) is 3. The standard InChI is InChI=1S/C23H19ClFNO3/c1-23(15-5-3-2-4-6-15)13-21(14-7-9-19(25)18(24)11-14)26-20-10-8-16(12-17(20)23)29-22(27)28/h2-12,21,26H,13H2,1H3,(H,27,28).